The SMILES string of the molecule is Cc1cccc(-c2ccc(NC=C(C#N)c3nn[nH]n3)cc2)n1. The molecule has 0 bridgehead atoms. The number of benzene rings is 1. The summed E-state index contributed by atoms with van der Waals surface area (Å²) in [5.41, 5.74) is 4.07. The van der Waals surface area contributed by atoms with Gasteiger partial charge in [-0.2, -0.15) is 10.5 Å². The van der Waals surface area contributed by atoms with E-state index in [9.17, 15) is 0 Å². The molecule has 0 saturated heterocycles. The highest BCUT2D eigenvalue weighted by Gasteiger charge is 2.05. The molecule has 0 aliphatic heterocycles. The number of aryl methyl sites for hydroxylation is 1. The second-order valence-corrected chi connectivity index (χ2v) is 4.79. The second-order valence-electron chi connectivity index (χ2n) is 4.79. The topological polar surface area (TPSA) is 103 Å². The van der Waals surface area contributed by atoms with E-state index in [0.717, 1.165) is 22.6 Å². The molecule has 0 aliphatic rings. The van der Waals surface area contributed by atoms with Gasteiger partial charge in [0.2, 0.25) is 5.82 Å². The van der Waals surface area contributed by atoms with Gasteiger partial charge in [0.1, 0.15) is 11.6 Å². The van der Waals surface area contributed by atoms with E-state index in [0.29, 0.717) is 5.57 Å². The summed E-state index contributed by atoms with van der Waals surface area (Å²) >= 11 is 0. The zero-order chi connectivity index (χ0) is 16.1. The Balaban J connectivity index is 1.77. The Labute approximate surface area is 132 Å². The van der Waals surface area contributed by atoms with Gasteiger partial charge in [0.25, 0.3) is 0 Å². The molecule has 0 unspecified atom stereocenters. The maximum absolute atomic E-state index is 9.11. The van der Waals surface area contributed by atoms with Gasteiger partial charge in [-0.1, -0.05) is 18.2 Å². The highest BCUT2D eigenvalue weighted by atomic mass is 15.5. The predicted octanol–water partition coefficient (Wildman–Crippen LogP) is 2.55. The van der Waals surface area contributed by atoms with E-state index in [1.165, 1.54) is 0 Å². The largest absolute Gasteiger partial charge is 0.360 e. The number of allylic oxidation sites excluding steroid dienone is 1. The number of pyridine rings is 1. The van der Waals surface area contributed by atoms with Crippen LogP contribution in [0.4, 0.5) is 5.69 Å². The number of tetrazole rings is 1. The van der Waals surface area contributed by atoms with Crippen LogP contribution in [0.3, 0.4) is 0 Å². The average Bonchev–Trinajstić information content (AvgIpc) is 3.10. The van der Waals surface area contributed by atoms with Gasteiger partial charge in [0.15, 0.2) is 0 Å². The fourth-order valence-corrected chi connectivity index (χ4v) is 2.02. The Morgan fingerprint density at radius 2 is 2.04 bits per heavy atom. The number of hydrogen-bond acceptors (Lipinski definition) is 6. The number of aromatic nitrogens is 5. The van der Waals surface area contributed by atoms with Crippen molar-refractivity contribution in [1.82, 2.24) is 25.6 Å². The van der Waals surface area contributed by atoms with Crippen LogP contribution < -0.4 is 5.32 Å². The van der Waals surface area contributed by atoms with Crippen LogP contribution >= 0.6 is 0 Å². The third-order valence-corrected chi connectivity index (χ3v) is 3.16. The zero-order valence-electron chi connectivity index (χ0n) is 12.4. The summed E-state index contributed by atoms with van der Waals surface area (Å²) in [5, 5.41) is 25.5. The number of nitrogens with zero attached hydrogens (tertiary/aromatic N) is 5. The fraction of sp³-hybridized carbons (Fsp3) is 0.0625. The maximum atomic E-state index is 9.11. The van der Waals surface area contributed by atoms with Crippen LogP contribution in [0.15, 0.2) is 48.7 Å². The van der Waals surface area contributed by atoms with Gasteiger partial charge in [-0.25, -0.2) is 0 Å². The van der Waals surface area contributed by atoms with E-state index in [1.807, 2.05) is 55.5 Å². The van der Waals surface area contributed by atoms with Gasteiger partial charge < -0.3 is 5.32 Å². The lowest BCUT2D eigenvalue weighted by molar-refractivity contribution is 0.881. The summed E-state index contributed by atoms with van der Waals surface area (Å²) in [5.74, 6) is 0.251. The summed E-state index contributed by atoms with van der Waals surface area (Å²) in [7, 11) is 0. The van der Waals surface area contributed by atoms with Crippen LogP contribution in [-0.2, 0) is 0 Å². The molecule has 3 aromatic rings. The van der Waals surface area contributed by atoms with Gasteiger partial charge in [-0.15, -0.1) is 10.2 Å². The minimum atomic E-state index is 0.251. The van der Waals surface area contributed by atoms with Crippen molar-refractivity contribution in [2.45, 2.75) is 6.92 Å². The summed E-state index contributed by atoms with van der Waals surface area (Å²) in [6.07, 6.45) is 1.55. The molecule has 0 radical (unpaired) electrons. The van der Waals surface area contributed by atoms with Gasteiger partial charge in [-0.05, 0) is 36.4 Å². The Bertz CT molecular complexity index is 858. The smallest absolute Gasteiger partial charge is 0.216 e. The average molecular weight is 303 g/mol. The van der Waals surface area contributed by atoms with E-state index in [-0.39, 0.29) is 5.82 Å². The lowest BCUT2D eigenvalue weighted by Crippen LogP contribution is -1.93. The number of hydrogen-bond donors (Lipinski definition) is 2. The molecule has 2 N–H and O–H groups in total. The molecule has 7 nitrogen and oxygen atoms in total. The van der Waals surface area contributed by atoms with E-state index in [1.54, 1.807) is 6.20 Å². The maximum Gasteiger partial charge on any atom is 0.216 e. The molecule has 0 fully saturated rings. The van der Waals surface area contributed by atoms with Crippen molar-refractivity contribution < 1.29 is 0 Å². The Kier molecular flexibility index (Phi) is 4.07. The molecule has 112 valence electrons. The number of nitriles is 1. The van der Waals surface area contributed by atoms with Crippen LogP contribution in [0.1, 0.15) is 11.5 Å². The molecule has 23 heavy (non-hydrogen) atoms. The van der Waals surface area contributed by atoms with Crippen molar-refractivity contribution in [3.05, 3.63) is 60.2 Å². The van der Waals surface area contributed by atoms with Gasteiger partial charge in [-0.3, -0.25) is 4.98 Å². The number of aromatic amines is 1. The number of rotatable bonds is 4. The highest BCUT2D eigenvalue weighted by Crippen LogP contribution is 2.20. The van der Waals surface area contributed by atoms with Gasteiger partial charge in [0, 0.05) is 23.1 Å². The van der Waals surface area contributed by atoms with Crippen LogP contribution in [0.25, 0.3) is 16.8 Å². The van der Waals surface area contributed by atoms with Crippen LogP contribution in [0, 0.1) is 18.3 Å². The molecule has 0 atom stereocenters. The third-order valence-electron chi connectivity index (χ3n) is 3.16. The third kappa shape index (κ3) is 3.39. The predicted molar refractivity (Wildman–Crippen MR) is 85.8 cm³/mol. The zero-order valence-corrected chi connectivity index (χ0v) is 12.4. The van der Waals surface area contributed by atoms with E-state index < -0.39 is 0 Å². The molecule has 1 aromatic carbocycles. The van der Waals surface area contributed by atoms with Crippen molar-refractivity contribution in [2.75, 3.05) is 5.32 Å². The molecule has 0 amide bonds. The monoisotopic (exact) mass is 303 g/mol. The van der Waals surface area contributed by atoms with Gasteiger partial charge in [0.05, 0.1) is 5.69 Å². The van der Waals surface area contributed by atoms with Gasteiger partial charge >= 0.3 is 0 Å². The first kappa shape index (κ1) is 14.4. The number of nitrogens with one attached hydrogen (secondary N) is 2. The fourth-order valence-electron chi connectivity index (χ4n) is 2.02. The molecule has 3 rings (SSSR count). The summed E-state index contributed by atoms with van der Waals surface area (Å²) in [4.78, 5) is 4.49. The first-order valence-corrected chi connectivity index (χ1v) is 6.91. The van der Waals surface area contributed by atoms with E-state index >= 15 is 0 Å². The first-order valence-electron chi connectivity index (χ1n) is 6.91. The van der Waals surface area contributed by atoms with Crippen LogP contribution in [0.5, 0.6) is 0 Å². The molecule has 0 spiro atoms. The lowest BCUT2D eigenvalue weighted by Gasteiger charge is -2.05. The number of H-pyrrole nitrogens is 1. The van der Waals surface area contributed by atoms with Crippen molar-refractivity contribution in [3.63, 3.8) is 0 Å². The second kappa shape index (κ2) is 6.49. The Hall–Kier alpha value is -3.53. The van der Waals surface area contributed by atoms with Crippen LogP contribution in [0.2, 0.25) is 0 Å². The highest BCUT2D eigenvalue weighted by molar-refractivity contribution is 5.74. The normalized spacial score (nSPS) is 11.0. The van der Waals surface area contributed by atoms with E-state index in [2.05, 4.69) is 30.9 Å². The van der Waals surface area contributed by atoms with E-state index in [4.69, 9.17) is 5.26 Å². The molecule has 2 aromatic heterocycles. The van der Waals surface area contributed by atoms with Crippen molar-refractivity contribution in [3.8, 4) is 17.3 Å². The van der Waals surface area contributed by atoms with Crippen molar-refractivity contribution in [2.24, 2.45) is 0 Å². The first-order chi connectivity index (χ1) is 11.3. The summed E-state index contributed by atoms with van der Waals surface area (Å²) in [6, 6.07) is 15.7. The molecule has 7 heteroatoms. The lowest BCUT2D eigenvalue weighted by atomic mass is 10.1. The van der Waals surface area contributed by atoms with Crippen molar-refractivity contribution >= 4 is 11.3 Å². The standard InChI is InChI=1S/C16H13N7/c1-11-3-2-4-15(19-11)12-5-7-14(8-6-12)18-10-13(9-17)16-20-22-23-21-16/h2-8,10,18H,1H3,(H,20,21,22,23). The molecular weight excluding hydrogens is 290 g/mol. The molecule has 2 heterocycles. The quantitative estimate of drug-likeness (QED) is 0.718. The summed E-state index contributed by atoms with van der Waals surface area (Å²) < 4.78 is 0. The Morgan fingerprint density at radius 3 is 2.70 bits per heavy atom. The minimum absolute atomic E-state index is 0.251. The molecule has 0 saturated carbocycles. The summed E-state index contributed by atoms with van der Waals surface area (Å²) in [6.45, 7) is 1.96. The van der Waals surface area contributed by atoms with Crippen LogP contribution in [-0.4, -0.2) is 25.6 Å². The molecular formula is C16H13N7. The number of anilines is 1. The molecule has 0 aliphatic carbocycles. The Morgan fingerprint density at radius 1 is 1.22 bits per heavy atom. The van der Waals surface area contributed by atoms with Crippen molar-refractivity contribution in [1.29, 1.82) is 5.26 Å². The minimum Gasteiger partial charge on any atom is -0.360 e.